The van der Waals surface area contributed by atoms with Crippen LogP contribution in [0, 0.1) is 0 Å². The second kappa shape index (κ2) is 5.95. The van der Waals surface area contributed by atoms with Gasteiger partial charge in [0.05, 0.1) is 0 Å². The molecule has 0 saturated heterocycles. The summed E-state index contributed by atoms with van der Waals surface area (Å²) in [5.41, 5.74) is 0. The Morgan fingerprint density at radius 1 is 1.56 bits per heavy atom. The molecule has 0 rings (SSSR count). The highest BCUT2D eigenvalue weighted by atomic mass is 32.2. The molecule has 0 fully saturated rings. The van der Waals surface area contributed by atoms with Gasteiger partial charge < -0.3 is 5.32 Å². The zero-order valence-electron chi connectivity index (χ0n) is 6.27. The van der Waals surface area contributed by atoms with Crippen LogP contribution < -0.4 is 5.32 Å². The molecule has 0 saturated carbocycles. The first-order valence-corrected chi connectivity index (χ1v) is 4.39. The third-order valence-corrected chi connectivity index (χ3v) is 1.48. The van der Waals surface area contributed by atoms with Crippen LogP contribution in [0.25, 0.3) is 0 Å². The fraction of sp³-hybridized carbons (Fsp3) is 0.833. The summed E-state index contributed by atoms with van der Waals surface area (Å²) in [4.78, 5) is 4.20. The summed E-state index contributed by atoms with van der Waals surface area (Å²) < 4.78 is 0. The van der Waals surface area contributed by atoms with E-state index in [-0.39, 0.29) is 0 Å². The van der Waals surface area contributed by atoms with Gasteiger partial charge in [-0.15, -0.1) is 0 Å². The van der Waals surface area contributed by atoms with Crippen LogP contribution in [-0.4, -0.2) is 24.5 Å². The molecule has 0 bridgehead atoms. The Kier molecular flexibility index (Phi) is 5.83. The van der Waals surface area contributed by atoms with Crippen LogP contribution in [0.3, 0.4) is 0 Å². The van der Waals surface area contributed by atoms with Gasteiger partial charge in [0.25, 0.3) is 0 Å². The predicted molar refractivity (Wildman–Crippen MR) is 45.2 cm³/mol. The van der Waals surface area contributed by atoms with Crippen molar-refractivity contribution >= 4 is 16.9 Å². The van der Waals surface area contributed by atoms with Crippen LogP contribution in [0.5, 0.6) is 0 Å². The molecule has 3 heteroatoms. The number of rotatable bonds is 2. The topological polar surface area (TPSA) is 24.4 Å². The third kappa shape index (κ3) is 4.33. The molecule has 0 radical (unpaired) electrons. The molecule has 0 aromatic heterocycles. The lowest BCUT2D eigenvalue weighted by molar-refractivity contribution is 0.965. The van der Waals surface area contributed by atoms with Gasteiger partial charge in [-0.1, -0.05) is 11.8 Å². The molecule has 0 spiro atoms. The molecule has 9 heavy (non-hydrogen) atoms. The number of nitrogens with zero attached hydrogens (tertiary/aromatic N) is 1. The Bertz CT molecular complexity index is 91.1. The van der Waals surface area contributed by atoms with Gasteiger partial charge in [0.2, 0.25) is 0 Å². The number of thioether (sulfide) groups is 1. The molecule has 0 unspecified atom stereocenters. The van der Waals surface area contributed by atoms with Crippen molar-refractivity contribution in [3.05, 3.63) is 0 Å². The highest BCUT2D eigenvalue weighted by molar-refractivity contribution is 8.13. The molecule has 0 aliphatic carbocycles. The quantitative estimate of drug-likeness (QED) is 0.469. The summed E-state index contributed by atoms with van der Waals surface area (Å²) in [7, 11) is 0. The van der Waals surface area contributed by atoms with Crippen molar-refractivity contribution in [2.45, 2.75) is 13.8 Å². The summed E-state index contributed by atoms with van der Waals surface area (Å²) in [5.74, 6) is 0. The normalized spacial score (nSPS) is 11.7. The van der Waals surface area contributed by atoms with E-state index in [1.807, 2.05) is 13.2 Å². The van der Waals surface area contributed by atoms with Gasteiger partial charge in [-0.05, 0) is 20.1 Å². The fourth-order valence-corrected chi connectivity index (χ4v) is 1.03. The van der Waals surface area contributed by atoms with Crippen LogP contribution in [0.2, 0.25) is 0 Å². The number of amidine groups is 1. The zero-order valence-corrected chi connectivity index (χ0v) is 7.09. The van der Waals surface area contributed by atoms with Crippen molar-refractivity contribution in [2.24, 2.45) is 4.99 Å². The minimum Gasteiger partial charge on any atom is -0.365 e. The SMILES string of the molecule is CCN=C(NCC)SC. The van der Waals surface area contributed by atoms with Gasteiger partial charge in [-0.25, -0.2) is 0 Å². The van der Waals surface area contributed by atoms with E-state index in [1.54, 1.807) is 11.8 Å². The maximum Gasteiger partial charge on any atom is 0.156 e. The van der Waals surface area contributed by atoms with Gasteiger partial charge in [0, 0.05) is 13.1 Å². The minimum absolute atomic E-state index is 0.864. The van der Waals surface area contributed by atoms with Crippen LogP contribution in [0.4, 0.5) is 0 Å². The zero-order chi connectivity index (χ0) is 7.11. The van der Waals surface area contributed by atoms with Crippen LogP contribution in [0.15, 0.2) is 4.99 Å². The van der Waals surface area contributed by atoms with Gasteiger partial charge in [-0.3, -0.25) is 4.99 Å². The molecule has 0 aliphatic heterocycles. The number of hydrogen-bond donors (Lipinski definition) is 1. The van der Waals surface area contributed by atoms with E-state index >= 15 is 0 Å². The van der Waals surface area contributed by atoms with E-state index in [2.05, 4.69) is 17.2 Å². The lowest BCUT2D eigenvalue weighted by Gasteiger charge is -2.01. The molecule has 0 aromatic rings. The Morgan fingerprint density at radius 2 is 2.22 bits per heavy atom. The molecule has 0 aromatic carbocycles. The van der Waals surface area contributed by atoms with E-state index in [9.17, 15) is 0 Å². The lowest BCUT2D eigenvalue weighted by atomic mass is 10.7. The molecule has 2 nitrogen and oxygen atoms in total. The minimum atomic E-state index is 0.864. The predicted octanol–water partition coefficient (Wildman–Crippen LogP) is 1.33. The Balaban J connectivity index is 3.53. The van der Waals surface area contributed by atoms with E-state index in [0.717, 1.165) is 18.3 Å². The van der Waals surface area contributed by atoms with Crippen molar-refractivity contribution in [3.63, 3.8) is 0 Å². The first kappa shape index (κ1) is 8.82. The summed E-state index contributed by atoms with van der Waals surface area (Å²) in [6.07, 6.45) is 2.02. The van der Waals surface area contributed by atoms with Crippen LogP contribution in [0.1, 0.15) is 13.8 Å². The molecular formula is C6H14N2S. The molecule has 1 N–H and O–H groups in total. The van der Waals surface area contributed by atoms with E-state index in [0.29, 0.717) is 0 Å². The first-order valence-electron chi connectivity index (χ1n) is 3.17. The summed E-state index contributed by atoms with van der Waals surface area (Å²) in [6, 6.07) is 0. The van der Waals surface area contributed by atoms with Gasteiger partial charge in [-0.2, -0.15) is 0 Å². The van der Waals surface area contributed by atoms with Crippen LogP contribution >= 0.6 is 11.8 Å². The second-order valence-electron chi connectivity index (χ2n) is 1.51. The Hall–Kier alpha value is -0.180. The molecule has 0 aliphatic rings. The average molecular weight is 146 g/mol. The second-order valence-corrected chi connectivity index (χ2v) is 2.31. The van der Waals surface area contributed by atoms with Gasteiger partial charge >= 0.3 is 0 Å². The smallest absolute Gasteiger partial charge is 0.156 e. The van der Waals surface area contributed by atoms with Gasteiger partial charge in [0.1, 0.15) is 0 Å². The summed E-state index contributed by atoms with van der Waals surface area (Å²) in [6.45, 7) is 5.93. The maximum atomic E-state index is 4.20. The third-order valence-electron chi connectivity index (χ3n) is 0.823. The number of nitrogens with one attached hydrogen (secondary N) is 1. The first-order chi connectivity index (χ1) is 4.35. The largest absolute Gasteiger partial charge is 0.365 e. The van der Waals surface area contributed by atoms with Crippen molar-refractivity contribution < 1.29 is 0 Å². The summed E-state index contributed by atoms with van der Waals surface area (Å²) in [5, 5.41) is 4.19. The average Bonchev–Trinajstić information content (AvgIpc) is 1.88. The van der Waals surface area contributed by atoms with Crippen molar-refractivity contribution in [1.29, 1.82) is 0 Å². The van der Waals surface area contributed by atoms with Crippen molar-refractivity contribution in [1.82, 2.24) is 5.32 Å². The van der Waals surface area contributed by atoms with Gasteiger partial charge in [0.15, 0.2) is 5.17 Å². The van der Waals surface area contributed by atoms with Crippen molar-refractivity contribution in [2.75, 3.05) is 19.3 Å². The number of aliphatic imine (C=N–C) groups is 1. The molecule has 0 heterocycles. The molecule has 54 valence electrons. The van der Waals surface area contributed by atoms with E-state index < -0.39 is 0 Å². The summed E-state index contributed by atoms with van der Waals surface area (Å²) >= 11 is 1.66. The maximum absolute atomic E-state index is 4.20. The molecule has 0 atom stereocenters. The van der Waals surface area contributed by atoms with Crippen LogP contribution in [-0.2, 0) is 0 Å². The monoisotopic (exact) mass is 146 g/mol. The van der Waals surface area contributed by atoms with Crippen molar-refractivity contribution in [3.8, 4) is 0 Å². The highest BCUT2D eigenvalue weighted by Crippen LogP contribution is 1.93. The standard InChI is InChI=1S/C6H14N2S/c1-4-7-6(9-3)8-5-2/h4-5H2,1-3H3,(H,7,8). The lowest BCUT2D eigenvalue weighted by Crippen LogP contribution is -2.19. The van der Waals surface area contributed by atoms with E-state index in [4.69, 9.17) is 0 Å². The molecule has 0 amide bonds. The Labute approximate surface area is 61.1 Å². The highest BCUT2D eigenvalue weighted by Gasteiger charge is 1.88. The fourth-order valence-electron chi connectivity index (χ4n) is 0.487. The Morgan fingerprint density at radius 3 is 2.56 bits per heavy atom. The van der Waals surface area contributed by atoms with E-state index in [1.165, 1.54) is 0 Å². The molecular weight excluding hydrogens is 132 g/mol. The number of hydrogen-bond acceptors (Lipinski definition) is 2.